The Morgan fingerprint density at radius 2 is 1.17 bits per heavy atom. The van der Waals surface area contributed by atoms with Crippen molar-refractivity contribution in [3.8, 4) is 0 Å². The van der Waals surface area contributed by atoms with E-state index in [0.717, 1.165) is 4.90 Å². The summed E-state index contributed by atoms with van der Waals surface area (Å²) in [6.07, 6.45) is -4.04. The molecule has 10 nitrogen and oxygen atoms in total. The first-order chi connectivity index (χ1) is 13.6. The molecule has 3 unspecified atom stereocenters. The molecule has 0 saturated heterocycles. The van der Waals surface area contributed by atoms with Crippen LogP contribution in [0.2, 0.25) is 0 Å². The summed E-state index contributed by atoms with van der Waals surface area (Å²) in [5.74, 6) is -6.49. The van der Waals surface area contributed by atoms with Gasteiger partial charge in [0, 0.05) is 29.8 Å². The van der Waals surface area contributed by atoms with Crippen LogP contribution >= 0.6 is 0 Å². The van der Waals surface area contributed by atoms with Crippen molar-refractivity contribution < 1.29 is 43.9 Å². The molecule has 170 valence electrons. The molecule has 0 aromatic rings. The fourth-order valence-electron chi connectivity index (χ4n) is 2.09. The molecular formula is C20H31NO9. The third kappa shape index (κ3) is 8.87. The second-order valence-corrected chi connectivity index (χ2v) is 7.16. The van der Waals surface area contributed by atoms with E-state index >= 15 is 0 Å². The lowest BCUT2D eigenvalue weighted by molar-refractivity contribution is -0.381. The van der Waals surface area contributed by atoms with E-state index in [1.807, 2.05) is 0 Å². The van der Waals surface area contributed by atoms with E-state index in [4.69, 9.17) is 14.2 Å². The Kier molecular flexibility index (Phi) is 10.6. The maximum absolute atomic E-state index is 12.2. The Morgan fingerprint density at radius 1 is 0.833 bits per heavy atom. The first-order valence-electron chi connectivity index (χ1n) is 9.07. The molecular weight excluding hydrogens is 398 g/mol. The standard InChI is InChI=1S/C20H31NO9/c1-11(2)16(24)28-19(21(9-14(7)22)10-15(8)23)20(27,29-17(25)12(3)4)30-18(26)13(5)6/h14-15,19,22-23,27H,1,3,5,9-10H2,2,4,6-8H3. The SMILES string of the molecule is C=C(C)C(=O)OC(N(CC(C)O)CC(C)O)C(O)(OC(=O)C(=C)C)OC(=O)C(=C)C. The van der Waals surface area contributed by atoms with Crippen molar-refractivity contribution in [3.05, 3.63) is 36.5 Å². The van der Waals surface area contributed by atoms with Crippen LogP contribution in [0.4, 0.5) is 0 Å². The first-order valence-corrected chi connectivity index (χ1v) is 9.07. The number of esters is 3. The van der Waals surface area contributed by atoms with Crippen LogP contribution in [-0.4, -0.2) is 75.6 Å². The highest BCUT2D eigenvalue weighted by Gasteiger charge is 2.52. The van der Waals surface area contributed by atoms with Crippen molar-refractivity contribution in [1.29, 1.82) is 0 Å². The summed E-state index contributed by atoms with van der Waals surface area (Å²) >= 11 is 0. The summed E-state index contributed by atoms with van der Waals surface area (Å²) in [6.45, 7) is 16.3. The van der Waals surface area contributed by atoms with Crippen LogP contribution in [0.25, 0.3) is 0 Å². The van der Waals surface area contributed by atoms with Gasteiger partial charge in [0.1, 0.15) is 0 Å². The van der Waals surface area contributed by atoms with Gasteiger partial charge in [-0.15, -0.1) is 0 Å². The van der Waals surface area contributed by atoms with Gasteiger partial charge in [-0.25, -0.2) is 14.4 Å². The van der Waals surface area contributed by atoms with Crippen molar-refractivity contribution in [2.24, 2.45) is 0 Å². The molecule has 0 bridgehead atoms. The van der Waals surface area contributed by atoms with Gasteiger partial charge in [-0.3, -0.25) is 4.90 Å². The number of carbonyl (C=O) groups is 3. The van der Waals surface area contributed by atoms with E-state index in [9.17, 15) is 29.7 Å². The van der Waals surface area contributed by atoms with Crippen molar-refractivity contribution in [2.75, 3.05) is 13.1 Å². The summed E-state index contributed by atoms with van der Waals surface area (Å²) in [4.78, 5) is 37.6. The fourth-order valence-corrected chi connectivity index (χ4v) is 2.09. The lowest BCUT2D eigenvalue weighted by Crippen LogP contribution is -2.61. The molecule has 0 rings (SSSR count). The fraction of sp³-hybridized carbons (Fsp3) is 0.550. The number of hydrogen-bond donors (Lipinski definition) is 3. The van der Waals surface area contributed by atoms with Crippen LogP contribution in [0.1, 0.15) is 34.6 Å². The van der Waals surface area contributed by atoms with Crippen LogP contribution in [0, 0.1) is 0 Å². The maximum Gasteiger partial charge on any atom is 0.428 e. The minimum Gasteiger partial charge on any atom is -0.431 e. The van der Waals surface area contributed by atoms with E-state index in [1.165, 1.54) is 34.6 Å². The van der Waals surface area contributed by atoms with Gasteiger partial charge in [-0.2, -0.15) is 0 Å². The topological polar surface area (TPSA) is 143 Å². The monoisotopic (exact) mass is 429 g/mol. The zero-order chi connectivity index (χ0) is 23.8. The van der Waals surface area contributed by atoms with Gasteiger partial charge in [-0.1, -0.05) is 19.7 Å². The molecule has 0 radical (unpaired) electrons. The van der Waals surface area contributed by atoms with E-state index in [1.54, 1.807) is 0 Å². The summed E-state index contributed by atoms with van der Waals surface area (Å²) in [6, 6.07) is 0. The second kappa shape index (κ2) is 11.6. The number of hydrogen-bond acceptors (Lipinski definition) is 10. The molecule has 0 amide bonds. The zero-order valence-corrected chi connectivity index (χ0v) is 18.0. The number of aliphatic hydroxyl groups excluding tert-OH is 2. The maximum atomic E-state index is 12.2. The summed E-state index contributed by atoms with van der Waals surface area (Å²) in [7, 11) is 0. The van der Waals surface area contributed by atoms with Gasteiger partial charge in [0.25, 0.3) is 6.23 Å². The number of aliphatic hydroxyl groups is 3. The molecule has 0 aromatic carbocycles. The third-order valence-electron chi connectivity index (χ3n) is 3.38. The van der Waals surface area contributed by atoms with E-state index in [-0.39, 0.29) is 29.8 Å². The van der Waals surface area contributed by atoms with Crippen LogP contribution in [0.15, 0.2) is 36.5 Å². The number of nitrogens with zero attached hydrogens (tertiary/aromatic N) is 1. The molecule has 10 heteroatoms. The molecule has 0 saturated carbocycles. The second-order valence-electron chi connectivity index (χ2n) is 7.16. The minimum absolute atomic E-state index is 0.0751. The molecule has 30 heavy (non-hydrogen) atoms. The normalized spacial score (nSPS) is 14.3. The molecule has 0 aliphatic heterocycles. The number of ether oxygens (including phenoxy) is 3. The van der Waals surface area contributed by atoms with Crippen molar-refractivity contribution in [3.63, 3.8) is 0 Å². The van der Waals surface area contributed by atoms with Gasteiger partial charge in [0.2, 0.25) is 0 Å². The quantitative estimate of drug-likeness (QED) is 0.226. The molecule has 0 fully saturated rings. The molecule has 0 aliphatic carbocycles. The van der Waals surface area contributed by atoms with Gasteiger partial charge >= 0.3 is 23.9 Å². The minimum atomic E-state index is -3.17. The molecule has 3 atom stereocenters. The summed E-state index contributed by atoms with van der Waals surface area (Å²) in [5.41, 5.74) is -0.376. The van der Waals surface area contributed by atoms with E-state index < -0.39 is 42.3 Å². The van der Waals surface area contributed by atoms with Gasteiger partial charge < -0.3 is 29.5 Å². The Morgan fingerprint density at radius 3 is 1.43 bits per heavy atom. The van der Waals surface area contributed by atoms with Crippen molar-refractivity contribution in [1.82, 2.24) is 4.90 Å². The van der Waals surface area contributed by atoms with E-state index in [2.05, 4.69) is 19.7 Å². The predicted molar refractivity (Wildman–Crippen MR) is 106 cm³/mol. The Hall–Kier alpha value is -2.53. The van der Waals surface area contributed by atoms with Crippen LogP contribution in [0.3, 0.4) is 0 Å². The average molecular weight is 429 g/mol. The van der Waals surface area contributed by atoms with Crippen LogP contribution < -0.4 is 0 Å². The third-order valence-corrected chi connectivity index (χ3v) is 3.38. The molecule has 0 spiro atoms. The van der Waals surface area contributed by atoms with Crippen LogP contribution in [-0.2, 0) is 28.6 Å². The predicted octanol–water partition coefficient (Wildman–Crippen LogP) is 0.380. The number of carbonyl (C=O) groups excluding carboxylic acids is 3. The average Bonchev–Trinajstić information content (AvgIpc) is 2.57. The highest BCUT2D eigenvalue weighted by Crippen LogP contribution is 2.26. The number of rotatable bonds is 12. The Labute approximate surface area is 176 Å². The lowest BCUT2D eigenvalue weighted by Gasteiger charge is -2.40. The first kappa shape index (κ1) is 27.5. The highest BCUT2D eigenvalue weighted by molar-refractivity contribution is 5.89. The largest absolute Gasteiger partial charge is 0.431 e. The molecule has 0 aliphatic rings. The van der Waals surface area contributed by atoms with Crippen molar-refractivity contribution in [2.45, 2.75) is 59.0 Å². The van der Waals surface area contributed by atoms with Gasteiger partial charge in [0.15, 0.2) is 0 Å². The smallest absolute Gasteiger partial charge is 0.428 e. The Bertz CT molecular complexity index is 658. The van der Waals surface area contributed by atoms with E-state index in [0.29, 0.717) is 0 Å². The highest BCUT2D eigenvalue weighted by atomic mass is 16.9. The van der Waals surface area contributed by atoms with Crippen molar-refractivity contribution >= 4 is 17.9 Å². The zero-order valence-electron chi connectivity index (χ0n) is 18.0. The summed E-state index contributed by atoms with van der Waals surface area (Å²) < 4.78 is 15.1. The molecule has 0 aromatic heterocycles. The van der Waals surface area contributed by atoms with Gasteiger partial charge in [0.05, 0.1) is 12.2 Å². The molecule has 0 heterocycles. The van der Waals surface area contributed by atoms with Gasteiger partial charge in [-0.05, 0) is 34.6 Å². The lowest BCUT2D eigenvalue weighted by atomic mass is 10.2. The summed E-state index contributed by atoms with van der Waals surface area (Å²) in [5, 5.41) is 30.7. The molecule has 3 N–H and O–H groups in total. The Balaban J connectivity index is 6.48. The van der Waals surface area contributed by atoms with Crippen LogP contribution in [0.5, 0.6) is 0 Å².